The van der Waals surface area contributed by atoms with Crippen LogP contribution < -0.4 is 10.6 Å². The molecule has 2 N–H and O–H groups in total. The Kier molecular flexibility index (Phi) is 5.68. The van der Waals surface area contributed by atoms with Gasteiger partial charge in [0.25, 0.3) is 5.91 Å². The second kappa shape index (κ2) is 8.79. The molecule has 1 amide bonds. The number of benzene rings is 1. The second-order valence-corrected chi connectivity index (χ2v) is 9.54. The van der Waals surface area contributed by atoms with Crippen LogP contribution in [0.15, 0.2) is 88.7 Å². The fraction of sp³-hybridized carbons (Fsp3) is 0.222. The van der Waals surface area contributed by atoms with Crippen LogP contribution in [0.3, 0.4) is 0 Å². The van der Waals surface area contributed by atoms with Gasteiger partial charge in [0.15, 0.2) is 5.78 Å². The molecule has 0 radical (unpaired) electrons. The minimum atomic E-state index is -0.414. The molecule has 2 aliphatic rings. The van der Waals surface area contributed by atoms with E-state index in [-0.39, 0.29) is 17.6 Å². The number of pyridine rings is 1. The van der Waals surface area contributed by atoms with Crippen molar-refractivity contribution < 1.29 is 9.59 Å². The molecule has 2 aromatic heterocycles. The zero-order valence-electron chi connectivity index (χ0n) is 18.6. The van der Waals surface area contributed by atoms with E-state index >= 15 is 0 Å². The number of amides is 1. The minimum absolute atomic E-state index is 0.103. The summed E-state index contributed by atoms with van der Waals surface area (Å²) in [5.74, 6) is 0.0949. The first-order valence-corrected chi connectivity index (χ1v) is 12.0. The standard InChI is InChI=1S/C27H25N3O2S/c1-16-8-3-4-9-19(16)25-24(27(32)30-23-11-5-6-12-28-23)17(2)29-20-14-18(15-21(31)26(20)25)22-10-7-13-33-22/h3-13,18,25,29H,14-15H2,1-2H3,(H,28,30,32). The monoisotopic (exact) mass is 455 g/mol. The van der Waals surface area contributed by atoms with Gasteiger partial charge in [0.05, 0.1) is 0 Å². The zero-order chi connectivity index (χ0) is 22.9. The molecule has 2 atom stereocenters. The van der Waals surface area contributed by atoms with Crippen molar-refractivity contribution in [2.45, 2.75) is 38.5 Å². The maximum atomic E-state index is 13.6. The molecule has 1 aromatic carbocycles. The van der Waals surface area contributed by atoms with Crippen LogP contribution in [0.25, 0.3) is 0 Å². The molecule has 166 valence electrons. The van der Waals surface area contributed by atoms with Gasteiger partial charge in [-0.2, -0.15) is 0 Å². The number of hydrogen-bond acceptors (Lipinski definition) is 5. The van der Waals surface area contributed by atoms with E-state index < -0.39 is 5.92 Å². The van der Waals surface area contributed by atoms with Gasteiger partial charge in [-0.15, -0.1) is 11.3 Å². The molecule has 3 heterocycles. The number of allylic oxidation sites excluding steroid dienone is 3. The van der Waals surface area contributed by atoms with Gasteiger partial charge in [-0.25, -0.2) is 4.98 Å². The first-order valence-electron chi connectivity index (χ1n) is 11.1. The molecular formula is C27H25N3O2S. The number of aryl methyl sites for hydroxylation is 1. The van der Waals surface area contributed by atoms with E-state index in [1.807, 2.05) is 50.2 Å². The number of nitrogens with one attached hydrogen (secondary N) is 2. The van der Waals surface area contributed by atoms with Gasteiger partial charge in [-0.1, -0.05) is 36.4 Å². The van der Waals surface area contributed by atoms with Gasteiger partial charge in [-0.05, 0) is 55.0 Å². The molecule has 5 rings (SSSR count). The average molecular weight is 456 g/mol. The van der Waals surface area contributed by atoms with Crippen LogP contribution in [-0.4, -0.2) is 16.7 Å². The third kappa shape index (κ3) is 4.02. The van der Waals surface area contributed by atoms with Crippen molar-refractivity contribution in [2.75, 3.05) is 5.32 Å². The summed E-state index contributed by atoms with van der Waals surface area (Å²) in [6.07, 6.45) is 2.86. The highest BCUT2D eigenvalue weighted by atomic mass is 32.1. The Balaban J connectivity index is 1.59. The van der Waals surface area contributed by atoms with E-state index in [0.717, 1.165) is 28.9 Å². The van der Waals surface area contributed by atoms with Gasteiger partial charge in [-0.3, -0.25) is 9.59 Å². The van der Waals surface area contributed by atoms with Crippen molar-refractivity contribution in [1.82, 2.24) is 10.3 Å². The van der Waals surface area contributed by atoms with E-state index in [1.165, 1.54) is 4.88 Å². The number of dihydropyridines is 1. The van der Waals surface area contributed by atoms with E-state index in [9.17, 15) is 9.59 Å². The predicted molar refractivity (Wildman–Crippen MR) is 131 cm³/mol. The maximum absolute atomic E-state index is 13.6. The molecule has 0 saturated carbocycles. The normalized spacial score (nSPS) is 20.4. The quantitative estimate of drug-likeness (QED) is 0.549. The van der Waals surface area contributed by atoms with E-state index in [4.69, 9.17) is 0 Å². The lowest BCUT2D eigenvalue weighted by Crippen LogP contribution is -2.37. The van der Waals surface area contributed by atoms with Gasteiger partial charge >= 0.3 is 0 Å². The third-order valence-electron chi connectivity index (χ3n) is 6.42. The molecule has 0 bridgehead atoms. The second-order valence-electron chi connectivity index (χ2n) is 8.56. The molecule has 0 fully saturated rings. The highest BCUT2D eigenvalue weighted by molar-refractivity contribution is 7.10. The average Bonchev–Trinajstić information content (AvgIpc) is 3.34. The summed E-state index contributed by atoms with van der Waals surface area (Å²) in [7, 11) is 0. The largest absolute Gasteiger partial charge is 0.362 e. The van der Waals surface area contributed by atoms with Gasteiger partial charge in [0, 0.05) is 51.9 Å². The molecule has 3 aromatic rings. The van der Waals surface area contributed by atoms with Gasteiger partial charge in [0.1, 0.15) is 5.82 Å². The van der Waals surface area contributed by atoms with Crippen LogP contribution in [-0.2, 0) is 9.59 Å². The first-order chi connectivity index (χ1) is 16.0. The molecule has 1 aliphatic carbocycles. The highest BCUT2D eigenvalue weighted by Gasteiger charge is 2.41. The first kappa shape index (κ1) is 21.3. The smallest absolute Gasteiger partial charge is 0.255 e. The fourth-order valence-corrected chi connectivity index (χ4v) is 5.74. The lowest BCUT2D eigenvalue weighted by Gasteiger charge is -2.37. The van der Waals surface area contributed by atoms with Crippen molar-refractivity contribution in [1.29, 1.82) is 0 Å². The summed E-state index contributed by atoms with van der Waals surface area (Å²) in [6, 6.07) is 17.5. The highest BCUT2D eigenvalue weighted by Crippen LogP contribution is 2.46. The van der Waals surface area contributed by atoms with Gasteiger partial charge in [0.2, 0.25) is 0 Å². The van der Waals surface area contributed by atoms with Crippen molar-refractivity contribution in [2.24, 2.45) is 0 Å². The summed E-state index contributed by atoms with van der Waals surface area (Å²) < 4.78 is 0. The molecule has 6 heteroatoms. The van der Waals surface area contributed by atoms with Gasteiger partial charge < -0.3 is 10.6 Å². The lowest BCUT2D eigenvalue weighted by atomic mass is 9.71. The van der Waals surface area contributed by atoms with E-state index in [0.29, 0.717) is 23.4 Å². The van der Waals surface area contributed by atoms with E-state index in [2.05, 4.69) is 27.1 Å². The molecule has 2 unspecified atom stereocenters. The summed E-state index contributed by atoms with van der Waals surface area (Å²) in [6.45, 7) is 3.95. The number of thiophene rings is 1. The number of rotatable bonds is 4. The van der Waals surface area contributed by atoms with Crippen LogP contribution in [0.4, 0.5) is 5.82 Å². The Hall–Kier alpha value is -3.51. The molecule has 0 spiro atoms. The summed E-state index contributed by atoms with van der Waals surface area (Å²) in [5, 5.41) is 8.42. The zero-order valence-corrected chi connectivity index (χ0v) is 19.4. The van der Waals surface area contributed by atoms with Crippen LogP contribution in [0.5, 0.6) is 0 Å². The van der Waals surface area contributed by atoms with Crippen molar-refractivity contribution in [3.05, 3.63) is 105 Å². The molecule has 0 saturated heterocycles. The summed E-state index contributed by atoms with van der Waals surface area (Å²) >= 11 is 1.69. The summed E-state index contributed by atoms with van der Waals surface area (Å²) in [5.41, 5.74) is 5.03. The topological polar surface area (TPSA) is 71.1 Å². The Bertz CT molecular complexity index is 1280. The Morgan fingerprint density at radius 3 is 2.61 bits per heavy atom. The molecule has 5 nitrogen and oxygen atoms in total. The lowest BCUT2D eigenvalue weighted by molar-refractivity contribution is -0.116. The van der Waals surface area contributed by atoms with E-state index in [1.54, 1.807) is 29.7 Å². The van der Waals surface area contributed by atoms with Crippen LogP contribution >= 0.6 is 11.3 Å². The SMILES string of the molecule is CC1=C(C(=O)Nc2ccccn2)C(c2ccccc2C)C2=C(CC(c3cccs3)CC2=O)N1. The van der Waals surface area contributed by atoms with Crippen LogP contribution in [0.2, 0.25) is 0 Å². The predicted octanol–water partition coefficient (Wildman–Crippen LogP) is 5.45. The van der Waals surface area contributed by atoms with Crippen molar-refractivity contribution in [3.63, 3.8) is 0 Å². The molecular weight excluding hydrogens is 430 g/mol. The number of carbonyl (C=O) groups excluding carboxylic acids is 2. The maximum Gasteiger partial charge on any atom is 0.255 e. The number of nitrogens with zero attached hydrogens (tertiary/aromatic N) is 1. The Morgan fingerprint density at radius 1 is 1.06 bits per heavy atom. The number of aromatic nitrogens is 1. The number of carbonyl (C=O) groups is 2. The Labute approximate surface area is 197 Å². The van der Waals surface area contributed by atoms with Crippen molar-refractivity contribution in [3.8, 4) is 0 Å². The van der Waals surface area contributed by atoms with Crippen LogP contribution in [0.1, 0.15) is 47.6 Å². The number of anilines is 1. The van der Waals surface area contributed by atoms with Crippen molar-refractivity contribution >= 4 is 28.8 Å². The van der Waals surface area contributed by atoms with Crippen LogP contribution in [0, 0.1) is 6.92 Å². The third-order valence-corrected chi connectivity index (χ3v) is 7.46. The minimum Gasteiger partial charge on any atom is -0.362 e. The Morgan fingerprint density at radius 2 is 1.88 bits per heavy atom. The molecule has 1 aliphatic heterocycles. The number of ketones is 1. The fourth-order valence-electron chi connectivity index (χ4n) is 4.91. The molecule has 33 heavy (non-hydrogen) atoms. The number of Topliss-reactive ketones (excluding diaryl/α,β-unsaturated/α-hetero) is 1. The number of hydrogen-bond donors (Lipinski definition) is 2. The summed E-state index contributed by atoms with van der Waals surface area (Å²) in [4.78, 5) is 32.6.